The number of piperazine rings is 1. The molecule has 0 bridgehead atoms. The molecule has 1 aliphatic heterocycles. The van der Waals surface area contributed by atoms with E-state index in [4.69, 9.17) is 0 Å². The van der Waals surface area contributed by atoms with Gasteiger partial charge in [-0.1, -0.05) is 48.2 Å². The van der Waals surface area contributed by atoms with Gasteiger partial charge >= 0.3 is 6.18 Å². The minimum absolute atomic E-state index is 0.244. The van der Waals surface area contributed by atoms with Gasteiger partial charge in [0, 0.05) is 43.5 Å². The number of benzene rings is 2. The van der Waals surface area contributed by atoms with Crippen molar-refractivity contribution in [3.05, 3.63) is 89.1 Å². The third kappa shape index (κ3) is 5.45. The Kier molecular flexibility index (Phi) is 6.96. The van der Waals surface area contributed by atoms with E-state index in [1.807, 2.05) is 6.07 Å². The Morgan fingerprint density at radius 3 is 2.44 bits per heavy atom. The van der Waals surface area contributed by atoms with Gasteiger partial charge in [-0.25, -0.2) is 0 Å². The summed E-state index contributed by atoms with van der Waals surface area (Å²) in [5, 5.41) is 13.2. The maximum Gasteiger partial charge on any atom is 0.417 e. The number of pyridine rings is 1. The Labute approximate surface area is 195 Å². The number of amides is 1. The Hall–Kier alpha value is -3.67. The van der Waals surface area contributed by atoms with Gasteiger partial charge in [-0.3, -0.25) is 9.78 Å². The second-order valence-electron chi connectivity index (χ2n) is 7.81. The lowest BCUT2D eigenvalue weighted by Crippen LogP contribution is -2.46. The van der Waals surface area contributed by atoms with Gasteiger partial charge in [-0.05, 0) is 29.8 Å². The van der Waals surface area contributed by atoms with Crippen molar-refractivity contribution in [3.63, 3.8) is 0 Å². The first-order valence-corrected chi connectivity index (χ1v) is 10.7. The molecule has 2 N–H and O–H groups in total. The Morgan fingerprint density at radius 1 is 1.06 bits per heavy atom. The summed E-state index contributed by atoms with van der Waals surface area (Å²) in [5.41, 5.74) is 0.393. The highest BCUT2D eigenvalue weighted by atomic mass is 19.4. The maximum atomic E-state index is 13.8. The molecule has 174 valence electrons. The number of hydrogen-bond acceptors (Lipinski definition) is 4. The topological polar surface area (TPSA) is 65.5 Å². The Bertz CT molecular complexity index is 1210. The molecule has 0 spiro atoms. The fourth-order valence-corrected chi connectivity index (χ4v) is 3.67. The number of alkyl halides is 3. The number of nitrogens with one attached hydrogen (secondary N) is 1. The summed E-state index contributed by atoms with van der Waals surface area (Å²) in [6.45, 7) is 1.82. The van der Waals surface area contributed by atoms with Crippen LogP contribution in [0.1, 0.15) is 33.2 Å². The van der Waals surface area contributed by atoms with E-state index in [-0.39, 0.29) is 11.1 Å². The number of nitrogens with zero attached hydrogens (tertiary/aromatic N) is 2. The van der Waals surface area contributed by atoms with Crippen molar-refractivity contribution >= 4 is 5.91 Å². The summed E-state index contributed by atoms with van der Waals surface area (Å²) in [7, 11) is 0. The Balaban J connectivity index is 1.57. The minimum Gasteiger partial charge on any atom is -0.376 e. The molecular weight excluding hydrogens is 443 g/mol. The zero-order valence-electron chi connectivity index (χ0n) is 18.1. The summed E-state index contributed by atoms with van der Waals surface area (Å²) >= 11 is 0. The fraction of sp³-hybridized carbons (Fsp3) is 0.231. The molecule has 1 amide bonds. The van der Waals surface area contributed by atoms with Gasteiger partial charge in [-0.2, -0.15) is 13.2 Å². The van der Waals surface area contributed by atoms with E-state index in [1.165, 1.54) is 23.2 Å². The first-order chi connectivity index (χ1) is 16.3. The summed E-state index contributed by atoms with van der Waals surface area (Å²) in [6.07, 6.45) is -4.21. The summed E-state index contributed by atoms with van der Waals surface area (Å²) in [5.74, 6) is 4.92. The van der Waals surface area contributed by atoms with E-state index in [2.05, 4.69) is 22.1 Å². The van der Waals surface area contributed by atoms with Crippen molar-refractivity contribution < 1.29 is 23.1 Å². The highest BCUT2D eigenvalue weighted by Gasteiger charge is 2.36. The molecule has 2 aromatic carbocycles. The van der Waals surface area contributed by atoms with Gasteiger partial charge in [0.1, 0.15) is 6.10 Å². The van der Waals surface area contributed by atoms with E-state index < -0.39 is 23.8 Å². The number of aromatic nitrogens is 1. The summed E-state index contributed by atoms with van der Waals surface area (Å²) in [6, 6.07) is 15.8. The average Bonchev–Trinajstić information content (AvgIpc) is 2.87. The van der Waals surface area contributed by atoms with Crippen LogP contribution in [0.3, 0.4) is 0 Å². The molecule has 2 heterocycles. The van der Waals surface area contributed by atoms with Crippen molar-refractivity contribution in [1.82, 2.24) is 15.2 Å². The van der Waals surface area contributed by atoms with E-state index in [9.17, 15) is 23.1 Å². The highest BCUT2D eigenvalue weighted by Crippen LogP contribution is 2.35. The number of hydrogen-bond donors (Lipinski definition) is 2. The molecule has 1 aromatic heterocycles. The molecular formula is C26H22F3N3O2. The third-order valence-electron chi connectivity index (χ3n) is 5.49. The molecule has 0 aliphatic carbocycles. The van der Waals surface area contributed by atoms with Crippen LogP contribution in [0.2, 0.25) is 0 Å². The summed E-state index contributed by atoms with van der Waals surface area (Å²) in [4.78, 5) is 18.4. The predicted molar refractivity (Wildman–Crippen MR) is 122 cm³/mol. The smallest absolute Gasteiger partial charge is 0.376 e. The van der Waals surface area contributed by atoms with Crippen LogP contribution in [0.15, 0.2) is 66.9 Å². The van der Waals surface area contributed by atoms with Gasteiger partial charge in [-0.15, -0.1) is 0 Å². The number of aliphatic hydroxyl groups excluding tert-OH is 1. The lowest BCUT2D eigenvalue weighted by molar-refractivity contribution is -0.138. The van der Waals surface area contributed by atoms with E-state index in [0.29, 0.717) is 43.0 Å². The monoisotopic (exact) mass is 465 g/mol. The van der Waals surface area contributed by atoms with Crippen molar-refractivity contribution in [2.75, 3.05) is 26.2 Å². The largest absolute Gasteiger partial charge is 0.417 e. The number of aliphatic hydroxyl groups is 1. The van der Waals surface area contributed by atoms with E-state index >= 15 is 0 Å². The molecule has 1 fully saturated rings. The quantitative estimate of drug-likeness (QED) is 0.576. The van der Waals surface area contributed by atoms with Crippen molar-refractivity contribution in [2.45, 2.75) is 12.3 Å². The van der Waals surface area contributed by atoms with Crippen LogP contribution in [-0.4, -0.2) is 47.1 Å². The van der Waals surface area contributed by atoms with Gasteiger partial charge in [0.05, 0.1) is 16.8 Å². The minimum atomic E-state index is -4.69. The van der Waals surface area contributed by atoms with Crippen LogP contribution < -0.4 is 5.32 Å². The van der Waals surface area contributed by atoms with Crippen LogP contribution in [0, 0.1) is 11.8 Å². The molecule has 0 saturated carbocycles. The normalized spacial score (nSPS) is 14.8. The predicted octanol–water partition coefficient (Wildman–Crippen LogP) is 3.90. The van der Waals surface area contributed by atoms with Crippen LogP contribution in [0.5, 0.6) is 0 Å². The summed E-state index contributed by atoms with van der Waals surface area (Å²) < 4.78 is 41.4. The van der Waals surface area contributed by atoms with Crippen molar-refractivity contribution in [1.29, 1.82) is 0 Å². The van der Waals surface area contributed by atoms with Crippen LogP contribution >= 0.6 is 0 Å². The highest BCUT2D eigenvalue weighted by molar-refractivity contribution is 5.96. The average molecular weight is 465 g/mol. The molecule has 1 unspecified atom stereocenters. The first-order valence-electron chi connectivity index (χ1n) is 10.7. The molecule has 0 radical (unpaired) electrons. The Morgan fingerprint density at radius 2 is 1.79 bits per heavy atom. The molecule has 1 aliphatic rings. The van der Waals surface area contributed by atoms with Crippen LogP contribution in [0.4, 0.5) is 13.2 Å². The molecule has 1 atom stereocenters. The first kappa shape index (κ1) is 23.5. The standard InChI is InChI=1S/C26H22F3N3O2/c27-26(28,29)22-16-20(8-9-21(22)25(34)32-14-12-30-13-15-32)23-10-6-18(17-31-23)7-11-24(33)19-4-2-1-3-5-19/h1-6,8-10,16-17,24,30,33H,12-15H2. The molecule has 34 heavy (non-hydrogen) atoms. The molecule has 5 nitrogen and oxygen atoms in total. The number of halogens is 3. The van der Waals surface area contributed by atoms with Crippen LogP contribution in [0.25, 0.3) is 11.3 Å². The second-order valence-corrected chi connectivity index (χ2v) is 7.81. The van der Waals surface area contributed by atoms with E-state index in [0.717, 1.165) is 6.07 Å². The van der Waals surface area contributed by atoms with Gasteiger partial charge < -0.3 is 15.3 Å². The molecule has 8 heteroatoms. The van der Waals surface area contributed by atoms with Gasteiger partial charge in [0.2, 0.25) is 0 Å². The third-order valence-corrected chi connectivity index (χ3v) is 5.49. The second kappa shape index (κ2) is 10.1. The SMILES string of the molecule is O=C(c1ccc(-c2ccc(C#CC(O)c3ccccc3)cn2)cc1C(F)(F)F)N1CCNCC1. The number of rotatable bonds is 3. The lowest BCUT2D eigenvalue weighted by Gasteiger charge is -2.28. The van der Waals surface area contributed by atoms with Crippen molar-refractivity contribution in [3.8, 4) is 23.1 Å². The van der Waals surface area contributed by atoms with Crippen LogP contribution in [-0.2, 0) is 6.18 Å². The molecule has 1 saturated heterocycles. The number of carbonyl (C=O) groups is 1. The maximum absolute atomic E-state index is 13.8. The van der Waals surface area contributed by atoms with E-state index in [1.54, 1.807) is 36.4 Å². The zero-order valence-corrected chi connectivity index (χ0v) is 18.1. The van der Waals surface area contributed by atoms with Gasteiger partial charge in [0.15, 0.2) is 0 Å². The molecule has 4 rings (SSSR count). The lowest BCUT2D eigenvalue weighted by atomic mass is 10.00. The zero-order chi connectivity index (χ0) is 24.1. The van der Waals surface area contributed by atoms with Crippen molar-refractivity contribution in [2.24, 2.45) is 0 Å². The fourth-order valence-electron chi connectivity index (χ4n) is 3.67. The van der Waals surface area contributed by atoms with Gasteiger partial charge in [0.25, 0.3) is 5.91 Å². The number of carbonyl (C=O) groups excluding carboxylic acids is 1. The molecule has 3 aromatic rings.